The minimum absolute atomic E-state index is 0.608. The van der Waals surface area contributed by atoms with Crippen LogP contribution >= 0.6 is 0 Å². The van der Waals surface area contributed by atoms with Gasteiger partial charge < -0.3 is 15.0 Å². The molecular formula is C19H22N2O. The zero-order chi connectivity index (χ0) is 15.7. The fourth-order valence-corrected chi connectivity index (χ4v) is 2.90. The van der Waals surface area contributed by atoms with E-state index in [1.807, 2.05) is 19.2 Å². The number of para-hydroxylation sites is 1. The van der Waals surface area contributed by atoms with Crippen molar-refractivity contribution in [3.8, 4) is 11.6 Å². The predicted molar refractivity (Wildman–Crippen MR) is 91.7 cm³/mol. The van der Waals surface area contributed by atoms with Crippen LogP contribution in [-0.2, 0) is 13.5 Å². The molecule has 3 heteroatoms. The molecule has 0 radical (unpaired) electrons. The number of fused-ring (bicyclic) bond motifs is 1. The molecule has 0 amide bonds. The second kappa shape index (κ2) is 5.85. The van der Waals surface area contributed by atoms with Gasteiger partial charge in [-0.2, -0.15) is 0 Å². The summed E-state index contributed by atoms with van der Waals surface area (Å²) in [5, 5.41) is 1.22. The Hall–Kier alpha value is -2.26. The zero-order valence-corrected chi connectivity index (χ0v) is 13.4. The van der Waals surface area contributed by atoms with Crippen molar-refractivity contribution in [1.29, 1.82) is 0 Å². The molecule has 0 spiro atoms. The van der Waals surface area contributed by atoms with Crippen molar-refractivity contribution in [3.63, 3.8) is 0 Å². The standard InChI is InChI=1S/C19H22N2O/c1-13-7-6-10-18(14(13)2)22-19-16(11-12-20)15-8-4-5-9-17(15)21(19)3/h4-10H,11-12,20H2,1-3H3. The fourth-order valence-electron chi connectivity index (χ4n) is 2.90. The number of aromatic nitrogens is 1. The summed E-state index contributed by atoms with van der Waals surface area (Å²) in [6.45, 7) is 4.80. The van der Waals surface area contributed by atoms with Crippen molar-refractivity contribution in [2.24, 2.45) is 12.8 Å². The van der Waals surface area contributed by atoms with Gasteiger partial charge >= 0.3 is 0 Å². The molecule has 114 valence electrons. The SMILES string of the molecule is Cc1cccc(Oc2c(CCN)c3ccccc3n2C)c1C. The molecule has 1 heterocycles. The van der Waals surface area contributed by atoms with Gasteiger partial charge in [-0.05, 0) is 50.1 Å². The van der Waals surface area contributed by atoms with Crippen molar-refractivity contribution < 1.29 is 4.74 Å². The lowest BCUT2D eigenvalue weighted by molar-refractivity contribution is 0.437. The van der Waals surface area contributed by atoms with Gasteiger partial charge in [-0.25, -0.2) is 0 Å². The molecule has 0 atom stereocenters. The molecule has 3 nitrogen and oxygen atoms in total. The monoisotopic (exact) mass is 294 g/mol. The predicted octanol–water partition coefficient (Wildman–Crippen LogP) is 4.09. The molecular weight excluding hydrogens is 272 g/mol. The lowest BCUT2D eigenvalue weighted by atomic mass is 10.1. The fraction of sp³-hybridized carbons (Fsp3) is 0.263. The third-order valence-corrected chi connectivity index (χ3v) is 4.31. The van der Waals surface area contributed by atoms with E-state index in [9.17, 15) is 0 Å². The normalized spacial score (nSPS) is 11.1. The molecule has 0 aliphatic carbocycles. The molecule has 0 aliphatic rings. The summed E-state index contributed by atoms with van der Waals surface area (Å²) in [4.78, 5) is 0. The molecule has 2 N–H and O–H groups in total. The van der Waals surface area contributed by atoms with Crippen molar-refractivity contribution in [2.75, 3.05) is 6.54 Å². The molecule has 0 saturated carbocycles. The molecule has 0 unspecified atom stereocenters. The summed E-state index contributed by atoms with van der Waals surface area (Å²) in [5.74, 6) is 1.80. The number of benzene rings is 2. The van der Waals surface area contributed by atoms with E-state index in [1.165, 1.54) is 27.6 Å². The van der Waals surface area contributed by atoms with Crippen LogP contribution in [0.25, 0.3) is 10.9 Å². The van der Waals surface area contributed by atoms with Crippen LogP contribution < -0.4 is 10.5 Å². The first-order valence-electron chi connectivity index (χ1n) is 7.64. The van der Waals surface area contributed by atoms with Crippen molar-refractivity contribution in [1.82, 2.24) is 4.57 Å². The first-order chi connectivity index (χ1) is 10.6. The van der Waals surface area contributed by atoms with Crippen molar-refractivity contribution in [3.05, 3.63) is 59.2 Å². The average molecular weight is 294 g/mol. The van der Waals surface area contributed by atoms with Gasteiger partial charge in [0.2, 0.25) is 5.88 Å². The summed E-state index contributed by atoms with van der Waals surface area (Å²) in [6, 6.07) is 14.5. The lowest BCUT2D eigenvalue weighted by Gasteiger charge is -2.13. The summed E-state index contributed by atoms with van der Waals surface area (Å²) in [7, 11) is 2.04. The maximum atomic E-state index is 6.30. The second-order valence-electron chi connectivity index (χ2n) is 5.70. The van der Waals surface area contributed by atoms with E-state index in [2.05, 4.69) is 48.7 Å². The van der Waals surface area contributed by atoms with E-state index >= 15 is 0 Å². The maximum Gasteiger partial charge on any atom is 0.204 e. The number of ether oxygens (including phenoxy) is 1. The van der Waals surface area contributed by atoms with Crippen LogP contribution in [0.1, 0.15) is 16.7 Å². The summed E-state index contributed by atoms with van der Waals surface area (Å²) in [6.07, 6.45) is 0.807. The van der Waals surface area contributed by atoms with Gasteiger partial charge in [-0.3, -0.25) is 0 Å². The molecule has 3 aromatic rings. The number of hydrogen-bond donors (Lipinski definition) is 1. The van der Waals surface area contributed by atoms with Crippen LogP contribution in [0.3, 0.4) is 0 Å². The Bertz CT molecular complexity index is 818. The van der Waals surface area contributed by atoms with E-state index in [0.29, 0.717) is 6.54 Å². The largest absolute Gasteiger partial charge is 0.440 e. The van der Waals surface area contributed by atoms with Crippen LogP contribution in [-0.4, -0.2) is 11.1 Å². The minimum Gasteiger partial charge on any atom is -0.440 e. The number of rotatable bonds is 4. The van der Waals surface area contributed by atoms with E-state index in [1.54, 1.807) is 0 Å². The Balaban J connectivity index is 2.15. The number of hydrogen-bond acceptors (Lipinski definition) is 2. The highest BCUT2D eigenvalue weighted by atomic mass is 16.5. The Morgan fingerprint density at radius 2 is 1.82 bits per heavy atom. The van der Waals surface area contributed by atoms with Crippen LogP contribution in [0.5, 0.6) is 11.6 Å². The second-order valence-corrected chi connectivity index (χ2v) is 5.70. The number of nitrogens with zero attached hydrogens (tertiary/aromatic N) is 1. The van der Waals surface area contributed by atoms with Crippen LogP contribution in [0, 0.1) is 13.8 Å². The third-order valence-electron chi connectivity index (χ3n) is 4.31. The summed E-state index contributed by atoms with van der Waals surface area (Å²) >= 11 is 0. The maximum absolute atomic E-state index is 6.30. The molecule has 0 aliphatic heterocycles. The third kappa shape index (κ3) is 2.38. The van der Waals surface area contributed by atoms with Gasteiger partial charge in [-0.15, -0.1) is 0 Å². The molecule has 0 fully saturated rings. The highest BCUT2D eigenvalue weighted by Crippen LogP contribution is 2.35. The van der Waals surface area contributed by atoms with E-state index in [0.717, 1.165) is 18.1 Å². The van der Waals surface area contributed by atoms with Gasteiger partial charge in [0.15, 0.2) is 0 Å². The molecule has 1 aromatic heterocycles. The Morgan fingerprint density at radius 1 is 1.05 bits per heavy atom. The Morgan fingerprint density at radius 3 is 2.59 bits per heavy atom. The van der Waals surface area contributed by atoms with Crippen LogP contribution in [0.15, 0.2) is 42.5 Å². The van der Waals surface area contributed by atoms with E-state index < -0.39 is 0 Å². The highest BCUT2D eigenvalue weighted by Gasteiger charge is 2.17. The summed E-state index contributed by atoms with van der Waals surface area (Å²) < 4.78 is 8.41. The van der Waals surface area contributed by atoms with Gasteiger partial charge in [-0.1, -0.05) is 30.3 Å². The van der Waals surface area contributed by atoms with Crippen LogP contribution in [0.2, 0.25) is 0 Å². The van der Waals surface area contributed by atoms with Crippen molar-refractivity contribution in [2.45, 2.75) is 20.3 Å². The quantitative estimate of drug-likeness (QED) is 0.787. The molecule has 22 heavy (non-hydrogen) atoms. The molecule has 3 rings (SSSR count). The molecule has 0 bridgehead atoms. The first-order valence-corrected chi connectivity index (χ1v) is 7.64. The summed E-state index contributed by atoms with van der Waals surface area (Å²) in [5.41, 5.74) is 10.6. The van der Waals surface area contributed by atoms with Gasteiger partial charge in [0.05, 0.1) is 5.52 Å². The van der Waals surface area contributed by atoms with Gasteiger partial charge in [0, 0.05) is 18.0 Å². The minimum atomic E-state index is 0.608. The van der Waals surface area contributed by atoms with Gasteiger partial charge in [0.25, 0.3) is 0 Å². The number of nitrogens with two attached hydrogens (primary N) is 1. The average Bonchev–Trinajstić information content (AvgIpc) is 2.78. The lowest BCUT2D eigenvalue weighted by Crippen LogP contribution is -2.04. The Kier molecular flexibility index (Phi) is 3.90. The van der Waals surface area contributed by atoms with Crippen molar-refractivity contribution >= 4 is 10.9 Å². The topological polar surface area (TPSA) is 40.2 Å². The van der Waals surface area contributed by atoms with Crippen LogP contribution in [0.4, 0.5) is 0 Å². The smallest absolute Gasteiger partial charge is 0.204 e. The molecule has 2 aromatic carbocycles. The van der Waals surface area contributed by atoms with E-state index in [-0.39, 0.29) is 0 Å². The highest BCUT2D eigenvalue weighted by molar-refractivity contribution is 5.87. The first kappa shape index (κ1) is 14.7. The van der Waals surface area contributed by atoms with Gasteiger partial charge in [0.1, 0.15) is 5.75 Å². The number of aryl methyl sites for hydroxylation is 2. The van der Waals surface area contributed by atoms with E-state index in [4.69, 9.17) is 10.5 Å². The molecule has 0 saturated heterocycles. The zero-order valence-electron chi connectivity index (χ0n) is 13.4. The Labute approximate surface area is 131 Å².